The Morgan fingerprint density at radius 2 is 2.47 bits per heavy atom. The summed E-state index contributed by atoms with van der Waals surface area (Å²) in [6.45, 7) is 0. The lowest BCUT2D eigenvalue weighted by Crippen LogP contribution is -2.01. The molecule has 0 saturated heterocycles. The zero-order chi connectivity index (χ0) is 10.8. The van der Waals surface area contributed by atoms with Crippen molar-refractivity contribution in [2.75, 3.05) is 0 Å². The highest BCUT2D eigenvalue weighted by atomic mass is 35.5. The molecule has 3 nitrogen and oxygen atoms in total. The van der Waals surface area contributed by atoms with Crippen LogP contribution >= 0.6 is 22.9 Å². The lowest BCUT2D eigenvalue weighted by atomic mass is 10.2. The summed E-state index contributed by atoms with van der Waals surface area (Å²) < 4.78 is 1.73. The Kier molecular flexibility index (Phi) is 3.09. The lowest BCUT2D eigenvalue weighted by Gasteiger charge is -2.05. The standard InChI is InChI=1S/C10H11ClN2OS/c1-13-3-2-8(12-13)5-9(14)10-4-7(11)6-15-10/h2-4,6,9,14H,5H2,1H3. The number of nitrogens with zero attached hydrogens (tertiary/aromatic N) is 2. The topological polar surface area (TPSA) is 38.0 Å². The molecule has 0 spiro atoms. The van der Waals surface area contributed by atoms with Gasteiger partial charge in [0, 0.05) is 29.9 Å². The van der Waals surface area contributed by atoms with E-state index in [9.17, 15) is 5.11 Å². The molecule has 0 bridgehead atoms. The van der Waals surface area contributed by atoms with E-state index >= 15 is 0 Å². The van der Waals surface area contributed by atoms with Crippen LogP contribution in [0.5, 0.6) is 0 Å². The number of aliphatic hydroxyl groups excluding tert-OH is 1. The molecule has 0 aromatic carbocycles. The van der Waals surface area contributed by atoms with Crippen molar-refractivity contribution in [1.82, 2.24) is 9.78 Å². The predicted octanol–water partition coefficient (Wildman–Crippen LogP) is 2.41. The Hall–Kier alpha value is -0.840. The van der Waals surface area contributed by atoms with Crippen molar-refractivity contribution in [3.8, 4) is 0 Å². The van der Waals surface area contributed by atoms with Crippen molar-refractivity contribution in [1.29, 1.82) is 0 Å². The molecule has 2 heterocycles. The summed E-state index contributed by atoms with van der Waals surface area (Å²) in [6.07, 6.45) is 1.87. The van der Waals surface area contributed by atoms with Gasteiger partial charge >= 0.3 is 0 Å². The average molecular weight is 243 g/mol. The second-order valence-electron chi connectivity index (χ2n) is 3.37. The molecule has 2 rings (SSSR count). The van der Waals surface area contributed by atoms with E-state index in [0.29, 0.717) is 11.4 Å². The zero-order valence-corrected chi connectivity index (χ0v) is 9.79. The molecule has 0 saturated carbocycles. The fourth-order valence-corrected chi connectivity index (χ4v) is 2.44. The molecule has 0 aliphatic heterocycles. The Morgan fingerprint density at radius 1 is 1.67 bits per heavy atom. The van der Waals surface area contributed by atoms with E-state index in [1.807, 2.05) is 24.7 Å². The molecular weight excluding hydrogens is 232 g/mol. The Bertz CT molecular complexity index is 452. The van der Waals surface area contributed by atoms with E-state index in [1.54, 1.807) is 10.7 Å². The van der Waals surface area contributed by atoms with E-state index < -0.39 is 6.10 Å². The molecule has 15 heavy (non-hydrogen) atoms. The summed E-state index contributed by atoms with van der Waals surface area (Å²) in [5.74, 6) is 0. The Morgan fingerprint density at radius 3 is 3.00 bits per heavy atom. The summed E-state index contributed by atoms with van der Waals surface area (Å²) in [6, 6.07) is 3.69. The number of aliphatic hydroxyl groups is 1. The van der Waals surface area contributed by atoms with Gasteiger partial charge in [-0.1, -0.05) is 11.6 Å². The second-order valence-corrected chi connectivity index (χ2v) is 4.75. The third kappa shape index (κ3) is 2.59. The monoisotopic (exact) mass is 242 g/mol. The molecule has 0 aliphatic carbocycles. The van der Waals surface area contributed by atoms with Crippen LogP contribution in [0.3, 0.4) is 0 Å². The first-order valence-electron chi connectivity index (χ1n) is 4.55. The minimum atomic E-state index is -0.516. The van der Waals surface area contributed by atoms with E-state index in [4.69, 9.17) is 11.6 Å². The zero-order valence-electron chi connectivity index (χ0n) is 8.22. The van der Waals surface area contributed by atoms with Gasteiger partial charge in [-0.25, -0.2) is 0 Å². The predicted molar refractivity (Wildman–Crippen MR) is 61.2 cm³/mol. The molecule has 0 aliphatic rings. The van der Waals surface area contributed by atoms with Gasteiger partial charge in [0.2, 0.25) is 0 Å². The van der Waals surface area contributed by atoms with Gasteiger partial charge in [-0.05, 0) is 12.1 Å². The van der Waals surface area contributed by atoms with Crippen LogP contribution in [0.25, 0.3) is 0 Å². The smallest absolute Gasteiger partial charge is 0.0938 e. The van der Waals surface area contributed by atoms with E-state index in [1.165, 1.54) is 11.3 Å². The van der Waals surface area contributed by atoms with Crippen LogP contribution in [0, 0.1) is 0 Å². The fourth-order valence-electron chi connectivity index (χ4n) is 1.37. The van der Waals surface area contributed by atoms with Gasteiger partial charge in [-0.2, -0.15) is 5.10 Å². The highest BCUT2D eigenvalue weighted by molar-refractivity contribution is 7.10. The van der Waals surface area contributed by atoms with Crippen molar-refractivity contribution in [3.05, 3.63) is 39.3 Å². The number of hydrogen-bond donors (Lipinski definition) is 1. The molecular formula is C10H11ClN2OS. The minimum Gasteiger partial charge on any atom is -0.387 e. The summed E-state index contributed by atoms with van der Waals surface area (Å²) >= 11 is 7.26. The van der Waals surface area contributed by atoms with Crippen LogP contribution in [-0.2, 0) is 13.5 Å². The third-order valence-corrected chi connectivity index (χ3v) is 3.47. The molecule has 80 valence electrons. The van der Waals surface area contributed by atoms with Gasteiger partial charge in [0.15, 0.2) is 0 Å². The first kappa shape index (κ1) is 10.7. The number of thiophene rings is 1. The highest BCUT2D eigenvalue weighted by Gasteiger charge is 2.12. The highest BCUT2D eigenvalue weighted by Crippen LogP contribution is 2.26. The van der Waals surface area contributed by atoms with Crippen LogP contribution in [0.15, 0.2) is 23.7 Å². The number of halogens is 1. The van der Waals surface area contributed by atoms with Crippen LogP contribution in [-0.4, -0.2) is 14.9 Å². The molecule has 5 heteroatoms. The average Bonchev–Trinajstić information content (AvgIpc) is 2.75. The van der Waals surface area contributed by atoms with Gasteiger partial charge in [0.25, 0.3) is 0 Å². The molecule has 1 N–H and O–H groups in total. The van der Waals surface area contributed by atoms with Crippen molar-refractivity contribution < 1.29 is 5.11 Å². The Balaban J connectivity index is 2.06. The van der Waals surface area contributed by atoms with Crippen molar-refractivity contribution >= 4 is 22.9 Å². The van der Waals surface area contributed by atoms with Gasteiger partial charge in [0.05, 0.1) is 16.8 Å². The van der Waals surface area contributed by atoms with Crippen LogP contribution in [0.2, 0.25) is 5.02 Å². The molecule has 1 unspecified atom stereocenters. The van der Waals surface area contributed by atoms with Crippen molar-refractivity contribution in [3.63, 3.8) is 0 Å². The molecule has 0 fully saturated rings. The van der Waals surface area contributed by atoms with Gasteiger partial charge < -0.3 is 5.11 Å². The third-order valence-electron chi connectivity index (χ3n) is 2.09. The maximum Gasteiger partial charge on any atom is 0.0938 e. The minimum absolute atomic E-state index is 0.516. The van der Waals surface area contributed by atoms with E-state index in [2.05, 4.69) is 5.10 Å². The van der Waals surface area contributed by atoms with Crippen molar-refractivity contribution in [2.24, 2.45) is 7.05 Å². The van der Waals surface area contributed by atoms with Crippen LogP contribution in [0.1, 0.15) is 16.7 Å². The van der Waals surface area contributed by atoms with E-state index in [-0.39, 0.29) is 0 Å². The Labute approximate surface area is 96.9 Å². The summed E-state index contributed by atoms with van der Waals surface area (Å²) in [5.41, 5.74) is 0.884. The van der Waals surface area contributed by atoms with E-state index in [0.717, 1.165) is 10.6 Å². The maximum absolute atomic E-state index is 9.90. The molecule has 2 aromatic heterocycles. The van der Waals surface area contributed by atoms with Gasteiger partial charge in [0.1, 0.15) is 0 Å². The first-order valence-corrected chi connectivity index (χ1v) is 5.81. The molecule has 2 aromatic rings. The number of rotatable bonds is 3. The molecule has 1 atom stereocenters. The summed E-state index contributed by atoms with van der Waals surface area (Å²) in [7, 11) is 1.86. The van der Waals surface area contributed by atoms with Gasteiger partial charge in [-0.15, -0.1) is 11.3 Å². The number of hydrogen-bond acceptors (Lipinski definition) is 3. The molecule has 0 radical (unpaired) electrons. The lowest BCUT2D eigenvalue weighted by molar-refractivity contribution is 0.181. The van der Waals surface area contributed by atoms with Gasteiger partial charge in [-0.3, -0.25) is 4.68 Å². The maximum atomic E-state index is 9.90. The normalized spacial score (nSPS) is 13.0. The largest absolute Gasteiger partial charge is 0.387 e. The SMILES string of the molecule is Cn1ccc(CC(O)c2cc(Cl)cs2)n1. The van der Waals surface area contributed by atoms with Crippen LogP contribution in [0.4, 0.5) is 0 Å². The van der Waals surface area contributed by atoms with Crippen molar-refractivity contribution in [2.45, 2.75) is 12.5 Å². The number of aromatic nitrogens is 2. The summed E-state index contributed by atoms with van der Waals surface area (Å²) in [4.78, 5) is 0.880. The molecule has 0 amide bonds. The number of aryl methyl sites for hydroxylation is 1. The second kappa shape index (κ2) is 4.35. The summed E-state index contributed by atoms with van der Waals surface area (Å²) in [5, 5.41) is 16.6. The fraction of sp³-hybridized carbons (Fsp3) is 0.300. The van der Waals surface area contributed by atoms with Crippen LogP contribution < -0.4 is 0 Å². The quantitative estimate of drug-likeness (QED) is 0.898. The first-order chi connectivity index (χ1) is 7.15.